The van der Waals surface area contributed by atoms with Gasteiger partial charge in [0.2, 0.25) is 0 Å². The zero-order valence-electron chi connectivity index (χ0n) is 12.2. The topological polar surface area (TPSA) is 43.7 Å². The van der Waals surface area contributed by atoms with Crippen LogP contribution in [-0.4, -0.2) is 16.8 Å². The first-order valence-electron chi connectivity index (χ1n) is 6.88. The average molecular weight is 271 g/mol. The van der Waals surface area contributed by atoms with E-state index < -0.39 is 0 Å². The van der Waals surface area contributed by atoms with Gasteiger partial charge in [-0.3, -0.25) is 0 Å². The number of benzene rings is 2. The summed E-state index contributed by atoms with van der Waals surface area (Å²) in [7, 11) is 0. The van der Waals surface area contributed by atoms with Gasteiger partial charge < -0.3 is 15.1 Å². The van der Waals surface area contributed by atoms with Gasteiger partial charge in [-0.15, -0.1) is 0 Å². The Kier molecular flexibility index (Phi) is 4.18. The lowest BCUT2D eigenvalue weighted by molar-refractivity contribution is 0.428. The fourth-order valence-electron chi connectivity index (χ4n) is 2.61. The van der Waals surface area contributed by atoms with Crippen molar-refractivity contribution in [3.63, 3.8) is 0 Å². The Balaban J connectivity index is 2.41. The van der Waals surface area contributed by atoms with Crippen molar-refractivity contribution in [3.05, 3.63) is 53.6 Å². The standard InChI is InChI=1S/C17H21NO2/c1-4-18(14-8-5-7-12(2)11-14)13(3)17-15(19)9-6-10-16(17)20/h5-11,13,19-20H,4H2,1-3H3. The van der Waals surface area contributed by atoms with E-state index in [1.165, 1.54) is 5.56 Å². The number of phenolic OH excluding ortho intramolecular Hbond substituents is 2. The molecule has 106 valence electrons. The number of anilines is 1. The molecule has 2 rings (SSSR count). The van der Waals surface area contributed by atoms with Gasteiger partial charge in [0, 0.05) is 12.2 Å². The van der Waals surface area contributed by atoms with Gasteiger partial charge in [0.1, 0.15) is 11.5 Å². The summed E-state index contributed by atoms with van der Waals surface area (Å²) in [4.78, 5) is 2.15. The van der Waals surface area contributed by atoms with E-state index in [1.54, 1.807) is 18.2 Å². The third kappa shape index (κ3) is 2.72. The zero-order valence-corrected chi connectivity index (χ0v) is 12.2. The van der Waals surface area contributed by atoms with E-state index in [2.05, 4.69) is 30.9 Å². The second kappa shape index (κ2) is 5.87. The molecule has 0 bridgehead atoms. The summed E-state index contributed by atoms with van der Waals surface area (Å²) in [5, 5.41) is 20.0. The SMILES string of the molecule is CCN(c1cccc(C)c1)C(C)c1c(O)cccc1O. The highest BCUT2D eigenvalue weighted by Crippen LogP contribution is 2.37. The molecule has 0 amide bonds. The van der Waals surface area contributed by atoms with Crippen LogP contribution in [0, 0.1) is 6.92 Å². The molecule has 0 fully saturated rings. The third-order valence-electron chi connectivity index (χ3n) is 3.62. The summed E-state index contributed by atoms with van der Waals surface area (Å²) in [6.07, 6.45) is 0. The van der Waals surface area contributed by atoms with Crippen molar-refractivity contribution in [1.82, 2.24) is 0 Å². The zero-order chi connectivity index (χ0) is 14.7. The van der Waals surface area contributed by atoms with Crippen LogP contribution in [0.15, 0.2) is 42.5 Å². The van der Waals surface area contributed by atoms with Crippen molar-refractivity contribution >= 4 is 5.69 Å². The molecule has 1 atom stereocenters. The lowest BCUT2D eigenvalue weighted by Gasteiger charge is -2.31. The van der Waals surface area contributed by atoms with E-state index in [-0.39, 0.29) is 17.5 Å². The lowest BCUT2D eigenvalue weighted by atomic mass is 10.0. The Morgan fingerprint density at radius 3 is 2.20 bits per heavy atom. The van der Waals surface area contributed by atoms with E-state index in [9.17, 15) is 10.2 Å². The molecule has 3 heteroatoms. The van der Waals surface area contributed by atoms with Gasteiger partial charge in [-0.25, -0.2) is 0 Å². The van der Waals surface area contributed by atoms with E-state index in [0.717, 1.165) is 12.2 Å². The molecule has 1 unspecified atom stereocenters. The van der Waals surface area contributed by atoms with Crippen LogP contribution in [0.2, 0.25) is 0 Å². The Morgan fingerprint density at radius 2 is 1.65 bits per heavy atom. The molecule has 3 nitrogen and oxygen atoms in total. The Morgan fingerprint density at radius 1 is 1.05 bits per heavy atom. The molecule has 0 heterocycles. The van der Waals surface area contributed by atoms with E-state index in [1.807, 2.05) is 19.1 Å². The maximum Gasteiger partial charge on any atom is 0.124 e. The maximum atomic E-state index is 10.0. The molecule has 0 aliphatic heterocycles. The number of aromatic hydroxyl groups is 2. The van der Waals surface area contributed by atoms with Crippen molar-refractivity contribution in [2.75, 3.05) is 11.4 Å². The minimum atomic E-state index is -0.108. The van der Waals surface area contributed by atoms with Gasteiger partial charge in [-0.2, -0.15) is 0 Å². The normalized spacial score (nSPS) is 12.2. The fraction of sp³-hybridized carbons (Fsp3) is 0.294. The lowest BCUT2D eigenvalue weighted by Crippen LogP contribution is -2.26. The van der Waals surface area contributed by atoms with Gasteiger partial charge in [-0.1, -0.05) is 18.2 Å². The molecular weight excluding hydrogens is 250 g/mol. The van der Waals surface area contributed by atoms with Crippen LogP contribution in [0.5, 0.6) is 11.5 Å². The van der Waals surface area contributed by atoms with Crippen LogP contribution < -0.4 is 4.90 Å². The quantitative estimate of drug-likeness (QED) is 0.883. The largest absolute Gasteiger partial charge is 0.507 e. The number of rotatable bonds is 4. The predicted molar refractivity (Wildman–Crippen MR) is 82.4 cm³/mol. The fourth-order valence-corrected chi connectivity index (χ4v) is 2.61. The van der Waals surface area contributed by atoms with E-state index in [4.69, 9.17) is 0 Å². The van der Waals surface area contributed by atoms with Crippen molar-refractivity contribution in [3.8, 4) is 11.5 Å². The highest BCUT2D eigenvalue weighted by molar-refractivity contribution is 5.54. The molecule has 20 heavy (non-hydrogen) atoms. The third-order valence-corrected chi connectivity index (χ3v) is 3.62. The number of aryl methyl sites for hydroxylation is 1. The van der Waals surface area contributed by atoms with Crippen molar-refractivity contribution in [2.24, 2.45) is 0 Å². The highest BCUT2D eigenvalue weighted by atomic mass is 16.3. The van der Waals surface area contributed by atoms with Gasteiger partial charge in [0.25, 0.3) is 0 Å². The molecule has 0 aliphatic carbocycles. The Bertz CT molecular complexity index is 575. The van der Waals surface area contributed by atoms with Gasteiger partial charge in [-0.05, 0) is 50.6 Å². The molecule has 0 saturated carbocycles. The van der Waals surface area contributed by atoms with Crippen molar-refractivity contribution in [1.29, 1.82) is 0 Å². The maximum absolute atomic E-state index is 10.0. The van der Waals surface area contributed by atoms with Crippen molar-refractivity contribution < 1.29 is 10.2 Å². The minimum absolute atomic E-state index is 0.108. The summed E-state index contributed by atoms with van der Waals surface area (Å²) in [5.74, 6) is 0.257. The monoisotopic (exact) mass is 271 g/mol. The average Bonchev–Trinajstić information content (AvgIpc) is 2.39. The number of hydrogen-bond donors (Lipinski definition) is 2. The van der Waals surface area contributed by atoms with Crippen LogP contribution >= 0.6 is 0 Å². The molecule has 0 spiro atoms. The Labute approximate surface area is 120 Å². The first-order chi connectivity index (χ1) is 9.54. The molecule has 0 saturated heterocycles. The first-order valence-corrected chi connectivity index (χ1v) is 6.88. The Hall–Kier alpha value is -2.16. The van der Waals surface area contributed by atoms with E-state index >= 15 is 0 Å². The van der Waals surface area contributed by atoms with Crippen LogP contribution in [0.1, 0.15) is 31.0 Å². The second-order valence-electron chi connectivity index (χ2n) is 5.01. The minimum Gasteiger partial charge on any atom is -0.507 e. The number of hydrogen-bond acceptors (Lipinski definition) is 3. The summed E-state index contributed by atoms with van der Waals surface area (Å²) >= 11 is 0. The first kappa shape index (κ1) is 14.3. The summed E-state index contributed by atoms with van der Waals surface area (Å²) in [6.45, 7) is 6.90. The summed E-state index contributed by atoms with van der Waals surface area (Å²) < 4.78 is 0. The van der Waals surface area contributed by atoms with Gasteiger partial charge in [0.15, 0.2) is 0 Å². The van der Waals surface area contributed by atoms with Crippen molar-refractivity contribution in [2.45, 2.75) is 26.8 Å². The molecule has 0 radical (unpaired) electrons. The summed E-state index contributed by atoms with van der Waals surface area (Å²) in [5.41, 5.74) is 2.84. The number of nitrogens with zero attached hydrogens (tertiary/aromatic N) is 1. The van der Waals surface area contributed by atoms with Gasteiger partial charge in [0.05, 0.1) is 11.6 Å². The van der Waals surface area contributed by atoms with Gasteiger partial charge >= 0.3 is 0 Å². The van der Waals surface area contributed by atoms with Crippen LogP contribution in [0.4, 0.5) is 5.69 Å². The molecule has 0 aliphatic rings. The van der Waals surface area contributed by atoms with Crippen LogP contribution in [-0.2, 0) is 0 Å². The molecule has 2 aromatic rings. The molecule has 2 N–H and O–H groups in total. The highest BCUT2D eigenvalue weighted by Gasteiger charge is 2.21. The number of phenols is 2. The summed E-state index contributed by atoms with van der Waals surface area (Å²) in [6, 6.07) is 13.0. The van der Waals surface area contributed by atoms with Crippen LogP contribution in [0.25, 0.3) is 0 Å². The second-order valence-corrected chi connectivity index (χ2v) is 5.01. The smallest absolute Gasteiger partial charge is 0.124 e. The molecular formula is C17H21NO2. The molecule has 0 aromatic heterocycles. The molecule has 2 aromatic carbocycles. The van der Waals surface area contributed by atoms with Crippen LogP contribution in [0.3, 0.4) is 0 Å². The predicted octanol–water partition coefficient (Wildman–Crippen LogP) is 3.99. The van der Waals surface area contributed by atoms with E-state index in [0.29, 0.717) is 5.56 Å².